The highest BCUT2D eigenvalue weighted by molar-refractivity contribution is 4.93. The number of rotatable bonds is 2. The second-order valence-electron chi connectivity index (χ2n) is 7.69. The summed E-state index contributed by atoms with van der Waals surface area (Å²) in [5.41, 5.74) is 6.91. The summed E-state index contributed by atoms with van der Waals surface area (Å²) in [5.74, 6) is 0.746. The molecule has 2 nitrogen and oxygen atoms in total. The average molecular weight is 264 g/mol. The van der Waals surface area contributed by atoms with E-state index in [1.165, 1.54) is 77.3 Å². The zero-order valence-corrected chi connectivity index (χ0v) is 12.7. The fourth-order valence-electron chi connectivity index (χ4n) is 5.01. The van der Waals surface area contributed by atoms with Gasteiger partial charge in [0.1, 0.15) is 0 Å². The van der Waals surface area contributed by atoms with Gasteiger partial charge < -0.3 is 10.6 Å². The lowest BCUT2D eigenvalue weighted by Crippen LogP contribution is -2.48. The molecule has 2 N–H and O–H groups in total. The van der Waals surface area contributed by atoms with Crippen LogP contribution < -0.4 is 5.73 Å². The van der Waals surface area contributed by atoms with Gasteiger partial charge in [0, 0.05) is 18.6 Å². The van der Waals surface area contributed by atoms with Gasteiger partial charge in [0.25, 0.3) is 0 Å². The smallest absolute Gasteiger partial charge is 0.00957 e. The Hall–Kier alpha value is -0.0800. The maximum absolute atomic E-state index is 6.13. The first-order chi connectivity index (χ1) is 9.19. The third kappa shape index (κ3) is 3.00. The Bertz CT molecular complexity index is 284. The molecule has 2 aliphatic carbocycles. The van der Waals surface area contributed by atoms with E-state index in [-0.39, 0.29) is 0 Å². The fourth-order valence-corrected chi connectivity index (χ4v) is 5.01. The lowest BCUT2D eigenvalue weighted by Gasteiger charge is -2.45. The summed E-state index contributed by atoms with van der Waals surface area (Å²) in [4.78, 5) is 2.79. The van der Waals surface area contributed by atoms with Crippen molar-refractivity contribution in [1.82, 2.24) is 4.90 Å². The summed E-state index contributed by atoms with van der Waals surface area (Å²) in [6, 6.07) is 1.26. The van der Waals surface area contributed by atoms with Crippen molar-refractivity contribution in [2.24, 2.45) is 17.1 Å². The van der Waals surface area contributed by atoms with Crippen LogP contribution in [0.15, 0.2) is 0 Å². The van der Waals surface area contributed by atoms with Gasteiger partial charge in [0.15, 0.2) is 0 Å². The number of piperidine rings is 1. The second kappa shape index (κ2) is 5.73. The van der Waals surface area contributed by atoms with Crippen LogP contribution in [0.3, 0.4) is 0 Å². The molecule has 0 bridgehead atoms. The monoisotopic (exact) mass is 264 g/mol. The van der Waals surface area contributed by atoms with Gasteiger partial charge in [0.2, 0.25) is 0 Å². The largest absolute Gasteiger partial charge is 0.328 e. The third-order valence-electron chi connectivity index (χ3n) is 6.43. The van der Waals surface area contributed by atoms with Gasteiger partial charge >= 0.3 is 0 Å². The van der Waals surface area contributed by atoms with E-state index >= 15 is 0 Å². The van der Waals surface area contributed by atoms with Crippen molar-refractivity contribution in [2.75, 3.05) is 13.1 Å². The second-order valence-corrected chi connectivity index (χ2v) is 7.69. The molecule has 1 aliphatic heterocycles. The maximum atomic E-state index is 6.13. The van der Waals surface area contributed by atoms with Gasteiger partial charge in [-0.1, -0.05) is 12.8 Å². The van der Waals surface area contributed by atoms with Gasteiger partial charge in [-0.3, -0.25) is 0 Å². The van der Waals surface area contributed by atoms with E-state index in [4.69, 9.17) is 5.73 Å². The zero-order chi connectivity index (χ0) is 13.3. The van der Waals surface area contributed by atoms with Crippen LogP contribution in [0.4, 0.5) is 0 Å². The predicted molar refractivity (Wildman–Crippen MR) is 81.1 cm³/mol. The molecular formula is C17H32N2. The van der Waals surface area contributed by atoms with E-state index in [9.17, 15) is 0 Å². The SMILES string of the molecule is CC(N)C1CCCN(C2CCC3(CCCC3)CC2)C1. The fraction of sp³-hybridized carbons (Fsp3) is 1.00. The molecule has 1 saturated heterocycles. The molecule has 0 amide bonds. The Balaban J connectivity index is 1.53. The number of nitrogens with two attached hydrogens (primary N) is 1. The zero-order valence-electron chi connectivity index (χ0n) is 12.7. The van der Waals surface area contributed by atoms with Crippen molar-refractivity contribution < 1.29 is 0 Å². The minimum atomic E-state index is 0.382. The van der Waals surface area contributed by atoms with E-state index in [1.54, 1.807) is 0 Å². The summed E-state index contributed by atoms with van der Waals surface area (Å²) in [6.45, 7) is 4.80. The quantitative estimate of drug-likeness (QED) is 0.826. The summed E-state index contributed by atoms with van der Waals surface area (Å²) in [6.07, 6.45) is 14.7. The highest BCUT2D eigenvalue weighted by Gasteiger charge is 2.39. The predicted octanol–water partition coefficient (Wildman–Crippen LogP) is 3.55. The van der Waals surface area contributed by atoms with E-state index in [0.717, 1.165) is 17.4 Å². The summed E-state index contributed by atoms with van der Waals surface area (Å²) >= 11 is 0. The molecule has 2 heteroatoms. The first-order valence-corrected chi connectivity index (χ1v) is 8.68. The van der Waals surface area contributed by atoms with Gasteiger partial charge in [-0.05, 0) is 76.2 Å². The van der Waals surface area contributed by atoms with Crippen molar-refractivity contribution >= 4 is 0 Å². The molecule has 110 valence electrons. The molecule has 19 heavy (non-hydrogen) atoms. The number of likely N-dealkylation sites (tertiary alicyclic amines) is 1. The minimum absolute atomic E-state index is 0.382. The Morgan fingerprint density at radius 1 is 1.00 bits per heavy atom. The van der Waals surface area contributed by atoms with E-state index in [2.05, 4.69) is 11.8 Å². The number of hydrogen-bond acceptors (Lipinski definition) is 2. The van der Waals surface area contributed by atoms with Crippen LogP contribution in [-0.4, -0.2) is 30.1 Å². The molecule has 2 unspecified atom stereocenters. The topological polar surface area (TPSA) is 29.3 Å². The van der Waals surface area contributed by atoms with Gasteiger partial charge in [0.05, 0.1) is 0 Å². The van der Waals surface area contributed by atoms with E-state index < -0.39 is 0 Å². The minimum Gasteiger partial charge on any atom is -0.328 e. The van der Waals surface area contributed by atoms with Crippen molar-refractivity contribution in [3.63, 3.8) is 0 Å². The van der Waals surface area contributed by atoms with Crippen molar-refractivity contribution in [1.29, 1.82) is 0 Å². The molecule has 2 atom stereocenters. The first-order valence-electron chi connectivity index (χ1n) is 8.68. The molecular weight excluding hydrogens is 232 g/mol. The molecule has 3 aliphatic rings. The molecule has 0 radical (unpaired) electrons. The highest BCUT2D eigenvalue weighted by atomic mass is 15.2. The third-order valence-corrected chi connectivity index (χ3v) is 6.43. The summed E-state index contributed by atoms with van der Waals surface area (Å²) < 4.78 is 0. The van der Waals surface area contributed by atoms with Gasteiger partial charge in [-0.15, -0.1) is 0 Å². The maximum Gasteiger partial charge on any atom is 0.00957 e. The average Bonchev–Trinajstić information content (AvgIpc) is 2.88. The summed E-state index contributed by atoms with van der Waals surface area (Å²) in [5, 5.41) is 0. The molecule has 0 aromatic heterocycles. The number of hydrogen-bond donors (Lipinski definition) is 1. The molecule has 1 heterocycles. The van der Waals surface area contributed by atoms with Crippen LogP contribution in [0.1, 0.15) is 71.1 Å². The van der Waals surface area contributed by atoms with Crippen molar-refractivity contribution in [3.8, 4) is 0 Å². The Kier molecular flexibility index (Phi) is 4.19. The van der Waals surface area contributed by atoms with Crippen LogP contribution >= 0.6 is 0 Å². The first kappa shape index (κ1) is 13.9. The highest BCUT2D eigenvalue weighted by Crippen LogP contribution is 2.49. The van der Waals surface area contributed by atoms with Gasteiger partial charge in [-0.2, -0.15) is 0 Å². The van der Waals surface area contributed by atoms with Crippen LogP contribution in [-0.2, 0) is 0 Å². The molecule has 0 aromatic carbocycles. The standard InChI is InChI=1S/C17H32N2/c1-14(18)15-5-4-12-19(13-15)16-6-10-17(11-7-16)8-2-3-9-17/h14-16H,2-13,18H2,1H3. The van der Waals surface area contributed by atoms with Crippen LogP contribution in [0.5, 0.6) is 0 Å². The van der Waals surface area contributed by atoms with E-state index in [0.29, 0.717) is 6.04 Å². The Morgan fingerprint density at radius 2 is 1.68 bits per heavy atom. The molecule has 2 saturated carbocycles. The normalized spacial score (nSPS) is 34.7. The van der Waals surface area contributed by atoms with Crippen LogP contribution in [0.25, 0.3) is 0 Å². The lowest BCUT2D eigenvalue weighted by atomic mass is 9.71. The molecule has 1 spiro atoms. The number of nitrogens with zero attached hydrogens (tertiary/aromatic N) is 1. The van der Waals surface area contributed by atoms with Crippen molar-refractivity contribution in [3.05, 3.63) is 0 Å². The Morgan fingerprint density at radius 3 is 2.32 bits per heavy atom. The molecule has 0 aromatic rings. The Labute approximate surface area is 119 Å². The molecule has 3 rings (SSSR count). The van der Waals surface area contributed by atoms with Crippen LogP contribution in [0.2, 0.25) is 0 Å². The van der Waals surface area contributed by atoms with Crippen LogP contribution in [0, 0.1) is 11.3 Å². The van der Waals surface area contributed by atoms with E-state index in [1.807, 2.05) is 0 Å². The van der Waals surface area contributed by atoms with Gasteiger partial charge in [-0.25, -0.2) is 0 Å². The summed E-state index contributed by atoms with van der Waals surface area (Å²) in [7, 11) is 0. The van der Waals surface area contributed by atoms with Crippen molar-refractivity contribution in [2.45, 2.75) is 83.2 Å². The molecule has 3 fully saturated rings. The lowest BCUT2D eigenvalue weighted by molar-refractivity contribution is 0.0557.